The summed E-state index contributed by atoms with van der Waals surface area (Å²) in [6, 6.07) is 12.0. The van der Waals surface area contributed by atoms with E-state index in [4.69, 9.17) is 9.47 Å². The third-order valence-electron chi connectivity index (χ3n) is 3.79. The number of methoxy groups -OCH3 is 1. The summed E-state index contributed by atoms with van der Waals surface area (Å²) in [6.45, 7) is 7.12. The van der Waals surface area contributed by atoms with Crippen molar-refractivity contribution in [2.75, 3.05) is 20.3 Å². The second-order valence-corrected chi connectivity index (χ2v) is 6.73. The van der Waals surface area contributed by atoms with Gasteiger partial charge in [0.05, 0.1) is 13.7 Å². The van der Waals surface area contributed by atoms with Gasteiger partial charge in [0.25, 0.3) is 5.91 Å². The van der Waals surface area contributed by atoms with Crippen LogP contribution in [0.3, 0.4) is 0 Å². The lowest BCUT2D eigenvalue weighted by Crippen LogP contribution is -2.28. The van der Waals surface area contributed by atoms with Crippen LogP contribution in [0.15, 0.2) is 42.5 Å². The summed E-state index contributed by atoms with van der Waals surface area (Å²) in [5.74, 6) is -0.0603. The highest BCUT2D eigenvalue weighted by Crippen LogP contribution is 2.24. The van der Waals surface area contributed by atoms with Crippen LogP contribution in [0, 0.1) is 5.82 Å². The third kappa shape index (κ3) is 5.21. The van der Waals surface area contributed by atoms with E-state index in [2.05, 4.69) is 26.1 Å². The molecule has 0 spiro atoms. The summed E-state index contributed by atoms with van der Waals surface area (Å²) in [5.41, 5.74) is 1.57. The molecule has 0 unspecified atom stereocenters. The molecule has 1 N–H and O–H groups in total. The van der Waals surface area contributed by atoms with Crippen LogP contribution in [0.1, 0.15) is 36.7 Å². The quantitative estimate of drug-likeness (QED) is 0.807. The van der Waals surface area contributed by atoms with E-state index in [1.54, 1.807) is 0 Å². The number of halogens is 1. The lowest BCUT2D eigenvalue weighted by molar-refractivity contribution is 0.0946. The average Bonchev–Trinajstić information content (AvgIpc) is 2.58. The monoisotopic (exact) mass is 345 g/mol. The van der Waals surface area contributed by atoms with Crippen LogP contribution in [-0.2, 0) is 5.41 Å². The van der Waals surface area contributed by atoms with Gasteiger partial charge in [-0.3, -0.25) is 4.79 Å². The van der Waals surface area contributed by atoms with Crippen LogP contribution in [-0.4, -0.2) is 26.2 Å². The smallest absolute Gasteiger partial charge is 0.251 e. The molecule has 2 aromatic carbocycles. The van der Waals surface area contributed by atoms with Crippen molar-refractivity contribution in [3.05, 3.63) is 59.4 Å². The van der Waals surface area contributed by atoms with Gasteiger partial charge in [-0.15, -0.1) is 0 Å². The van der Waals surface area contributed by atoms with E-state index < -0.39 is 5.82 Å². The average molecular weight is 345 g/mol. The third-order valence-corrected chi connectivity index (χ3v) is 3.79. The molecule has 25 heavy (non-hydrogen) atoms. The van der Waals surface area contributed by atoms with Gasteiger partial charge in [0.2, 0.25) is 0 Å². The van der Waals surface area contributed by atoms with Gasteiger partial charge in [0, 0.05) is 5.56 Å². The highest BCUT2D eigenvalue weighted by molar-refractivity contribution is 5.94. The Morgan fingerprint density at radius 2 is 1.80 bits per heavy atom. The van der Waals surface area contributed by atoms with Gasteiger partial charge in [-0.25, -0.2) is 4.39 Å². The summed E-state index contributed by atoms with van der Waals surface area (Å²) in [7, 11) is 1.38. The molecule has 0 aromatic heterocycles. The minimum absolute atomic E-state index is 0.0974. The Morgan fingerprint density at radius 3 is 2.36 bits per heavy atom. The van der Waals surface area contributed by atoms with Gasteiger partial charge in [0.15, 0.2) is 11.6 Å². The number of ether oxygens (including phenoxy) is 2. The first kappa shape index (κ1) is 18.8. The van der Waals surface area contributed by atoms with E-state index >= 15 is 0 Å². The number of amides is 1. The zero-order valence-corrected chi connectivity index (χ0v) is 15.1. The normalized spacial score (nSPS) is 11.1. The van der Waals surface area contributed by atoms with Crippen molar-refractivity contribution in [1.29, 1.82) is 0 Å². The number of hydrogen-bond donors (Lipinski definition) is 1. The molecule has 0 bridgehead atoms. The molecule has 0 fully saturated rings. The maximum atomic E-state index is 13.6. The zero-order chi connectivity index (χ0) is 18.4. The van der Waals surface area contributed by atoms with E-state index in [1.165, 1.54) is 24.8 Å². The van der Waals surface area contributed by atoms with Gasteiger partial charge < -0.3 is 14.8 Å². The summed E-state index contributed by atoms with van der Waals surface area (Å²) >= 11 is 0. The van der Waals surface area contributed by atoms with Crippen molar-refractivity contribution in [3.8, 4) is 11.5 Å². The Kier molecular flexibility index (Phi) is 6.02. The van der Waals surface area contributed by atoms with E-state index in [0.29, 0.717) is 13.2 Å². The van der Waals surface area contributed by atoms with E-state index in [1.807, 2.05) is 24.3 Å². The molecule has 2 aromatic rings. The second-order valence-electron chi connectivity index (χ2n) is 6.73. The predicted molar refractivity (Wildman–Crippen MR) is 95.9 cm³/mol. The summed E-state index contributed by atoms with van der Waals surface area (Å²) in [6.07, 6.45) is 0. The van der Waals surface area contributed by atoms with E-state index in [9.17, 15) is 9.18 Å². The van der Waals surface area contributed by atoms with Gasteiger partial charge in [-0.1, -0.05) is 32.9 Å². The first-order chi connectivity index (χ1) is 11.8. The molecule has 1 amide bonds. The number of benzene rings is 2. The Morgan fingerprint density at radius 1 is 1.12 bits per heavy atom. The zero-order valence-electron chi connectivity index (χ0n) is 15.1. The molecule has 0 aliphatic rings. The Labute approximate surface area is 148 Å². The molecule has 5 heteroatoms. The molecule has 2 rings (SSSR count). The molecule has 0 aliphatic heterocycles. The first-order valence-corrected chi connectivity index (χ1v) is 8.16. The highest BCUT2D eigenvalue weighted by atomic mass is 19.1. The molecular formula is C20H24FNO3. The van der Waals surface area contributed by atoms with Crippen LogP contribution in [0.25, 0.3) is 0 Å². The topological polar surface area (TPSA) is 47.6 Å². The predicted octanol–water partition coefficient (Wildman–Crippen LogP) is 3.94. The fourth-order valence-corrected chi connectivity index (χ4v) is 2.29. The first-order valence-electron chi connectivity index (χ1n) is 8.16. The summed E-state index contributed by atoms with van der Waals surface area (Å²) < 4.78 is 24.0. The van der Waals surface area contributed by atoms with Crippen molar-refractivity contribution in [2.24, 2.45) is 0 Å². The number of carbonyl (C=O) groups is 1. The molecule has 0 saturated carbocycles. The van der Waals surface area contributed by atoms with Crippen LogP contribution < -0.4 is 14.8 Å². The molecule has 0 aliphatic carbocycles. The summed E-state index contributed by atoms with van der Waals surface area (Å²) in [5, 5.41) is 2.70. The van der Waals surface area contributed by atoms with Crippen molar-refractivity contribution < 1.29 is 18.7 Å². The minimum atomic E-state index is -0.565. The largest absolute Gasteiger partial charge is 0.494 e. The second kappa shape index (κ2) is 8.01. The Hall–Kier alpha value is -2.56. The fourth-order valence-electron chi connectivity index (χ4n) is 2.29. The van der Waals surface area contributed by atoms with Gasteiger partial charge in [-0.05, 0) is 41.3 Å². The Bertz CT molecular complexity index is 721. The van der Waals surface area contributed by atoms with Crippen molar-refractivity contribution >= 4 is 5.91 Å². The molecule has 0 radical (unpaired) electrons. The van der Waals surface area contributed by atoms with Crippen LogP contribution in [0.5, 0.6) is 11.5 Å². The molecule has 134 valence electrons. The Balaban J connectivity index is 1.81. The minimum Gasteiger partial charge on any atom is -0.494 e. The molecule has 0 atom stereocenters. The number of nitrogens with one attached hydrogen (secondary N) is 1. The van der Waals surface area contributed by atoms with Gasteiger partial charge >= 0.3 is 0 Å². The fraction of sp³-hybridized carbons (Fsp3) is 0.350. The highest BCUT2D eigenvalue weighted by Gasteiger charge is 2.13. The van der Waals surface area contributed by atoms with Crippen molar-refractivity contribution in [1.82, 2.24) is 5.32 Å². The number of hydrogen-bond acceptors (Lipinski definition) is 3. The lowest BCUT2D eigenvalue weighted by Gasteiger charge is -2.19. The molecule has 0 saturated heterocycles. The van der Waals surface area contributed by atoms with Crippen molar-refractivity contribution in [3.63, 3.8) is 0 Å². The van der Waals surface area contributed by atoms with Crippen LogP contribution in [0.2, 0.25) is 0 Å². The molecule has 4 nitrogen and oxygen atoms in total. The SMILES string of the molecule is COc1ccc(C(=O)NCCOc2ccc(C(C)(C)C)cc2)cc1F. The standard InChI is InChI=1S/C20H24FNO3/c1-20(2,3)15-6-8-16(9-7-15)25-12-11-22-19(23)14-5-10-18(24-4)17(21)13-14/h5-10,13H,11-12H2,1-4H3,(H,22,23). The van der Waals surface area contributed by atoms with Crippen LogP contribution in [0.4, 0.5) is 4.39 Å². The van der Waals surface area contributed by atoms with E-state index in [0.717, 1.165) is 11.8 Å². The van der Waals surface area contributed by atoms with E-state index in [-0.39, 0.29) is 22.6 Å². The van der Waals surface area contributed by atoms with Gasteiger partial charge in [0.1, 0.15) is 12.4 Å². The number of rotatable bonds is 6. The maximum absolute atomic E-state index is 13.6. The summed E-state index contributed by atoms with van der Waals surface area (Å²) in [4.78, 5) is 12.0. The molecular weight excluding hydrogens is 321 g/mol. The molecule has 0 heterocycles. The maximum Gasteiger partial charge on any atom is 0.251 e. The van der Waals surface area contributed by atoms with Crippen molar-refractivity contribution in [2.45, 2.75) is 26.2 Å². The van der Waals surface area contributed by atoms with Gasteiger partial charge in [-0.2, -0.15) is 0 Å². The van der Waals surface area contributed by atoms with Crippen LogP contribution >= 0.6 is 0 Å². The lowest BCUT2D eigenvalue weighted by atomic mass is 9.87. The number of carbonyl (C=O) groups excluding carboxylic acids is 1.